The van der Waals surface area contributed by atoms with Crippen LogP contribution in [0.5, 0.6) is 0 Å². The molecule has 2 heterocycles. The molecule has 0 saturated carbocycles. The topological polar surface area (TPSA) is 53.4 Å². The van der Waals surface area contributed by atoms with Gasteiger partial charge in [0.2, 0.25) is 0 Å². The van der Waals surface area contributed by atoms with Gasteiger partial charge in [0.05, 0.1) is 16.4 Å². The normalized spacial score (nSPS) is 14.6. The molecule has 1 saturated heterocycles. The Labute approximate surface area is 205 Å². The highest BCUT2D eigenvalue weighted by molar-refractivity contribution is 6.35. The van der Waals surface area contributed by atoms with Crippen LogP contribution in [0.4, 0.5) is 0 Å². The fraction of sp³-hybridized carbons (Fsp3) is 0.360. The zero-order valence-corrected chi connectivity index (χ0v) is 20.7. The van der Waals surface area contributed by atoms with E-state index in [4.69, 9.17) is 28.3 Å². The van der Waals surface area contributed by atoms with Crippen molar-refractivity contribution in [3.63, 3.8) is 0 Å². The Bertz CT molecular complexity index is 1130. The summed E-state index contributed by atoms with van der Waals surface area (Å²) in [6, 6.07) is 13.6. The smallest absolute Gasteiger partial charge is 0.286 e. The molecule has 1 aromatic heterocycles. The van der Waals surface area contributed by atoms with E-state index in [2.05, 4.69) is 34.6 Å². The Morgan fingerprint density at radius 3 is 2.39 bits per heavy atom. The van der Waals surface area contributed by atoms with Crippen LogP contribution in [0.1, 0.15) is 40.9 Å². The molecule has 33 heavy (non-hydrogen) atoms. The molecule has 2 aromatic carbocycles. The van der Waals surface area contributed by atoms with Gasteiger partial charge < -0.3 is 4.90 Å². The minimum atomic E-state index is -0.205. The van der Waals surface area contributed by atoms with E-state index < -0.39 is 0 Å². The SMILES string of the molecule is Cc1c(C(=O)NN2CCCCC2)nn(-c2ccc(Cl)cc2Cl)c1-c1ccc(CN(C)C)cc1. The number of carbonyl (C=O) groups excluding carboxylic acids is 1. The molecule has 1 aliphatic rings. The van der Waals surface area contributed by atoms with Gasteiger partial charge in [-0.15, -0.1) is 0 Å². The average Bonchev–Trinajstić information content (AvgIpc) is 3.11. The Morgan fingerprint density at radius 2 is 1.76 bits per heavy atom. The first kappa shape index (κ1) is 23.8. The Balaban J connectivity index is 1.77. The number of piperidine rings is 1. The summed E-state index contributed by atoms with van der Waals surface area (Å²) < 4.78 is 1.75. The summed E-state index contributed by atoms with van der Waals surface area (Å²) in [4.78, 5) is 15.3. The van der Waals surface area contributed by atoms with Crippen molar-refractivity contribution in [3.05, 3.63) is 69.3 Å². The maximum Gasteiger partial charge on any atom is 0.286 e. The molecule has 6 nitrogen and oxygen atoms in total. The Hall–Kier alpha value is -2.38. The van der Waals surface area contributed by atoms with Crippen molar-refractivity contribution in [2.45, 2.75) is 32.7 Å². The quantitative estimate of drug-likeness (QED) is 0.511. The lowest BCUT2D eigenvalue weighted by Crippen LogP contribution is -2.45. The van der Waals surface area contributed by atoms with E-state index in [1.807, 2.05) is 32.1 Å². The first-order valence-electron chi connectivity index (χ1n) is 11.2. The fourth-order valence-electron chi connectivity index (χ4n) is 4.21. The lowest BCUT2D eigenvalue weighted by Gasteiger charge is -2.26. The molecule has 1 fully saturated rings. The number of nitrogens with zero attached hydrogens (tertiary/aromatic N) is 4. The summed E-state index contributed by atoms with van der Waals surface area (Å²) in [5, 5.41) is 7.72. The number of hydrogen-bond donors (Lipinski definition) is 1. The third-order valence-electron chi connectivity index (χ3n) is 5.82. The minimum Gasteiger partial charge on any atom is -0.305 e. The largest absolute Gasteiger partial charge is 0.305 e. The van der Waals surface area contributed by atoms with Gasteiger partial charge >= 0.3 is 0 Å². The standard InChI is InChI=1S/C25H29Cl2N5O/c1-17-23(25(33)29-31-13-5-4-6-14-31)28-32(22-12-11-20(26)15-21(22)27)24(17)19-9-7-18(8-10-19)16-30(2)3/h7-12,15H,4-6,13-14,16H2,1-3H3,(H,29,33). The maximum atomic E-state index is 13.2. The van der Waals surface area contributed by atoms with Crippen LogP contribution in [0, 0.1) is 6.92 Å². The second-order valence-corrected chi connectivity index (χ2v) is 9.60. The van der Waals surface area contributed by atoms with Crippen LogP contribution in [-0.4, -0.2) is 52.8 Å². The Kier molecular flexibility index (Phi) is 7.39. The molecule has 8 heteroatoms. The van der Waals surface area contributed by atoms with Crippen molar-refractivity contribution in [2.75, 3.05) is 27.2 Å². The molecule has 1 N–H and O–H groups in total. The summed E-state index contributed by atoms with van der Waals surface area (Å²) in [5.41, 5.74) is 7.90. The third kappa shape index (κ3) is 5.41. The van der Waals surface area contributed by atoms with Crippen LogP contribution in [-0.2, 0) is 6.54 Å². The van der Waals surface area contributed by atoms with Gasteiger partial charge in [0.25, 0.3) is 5.91 Å². The first-order valence-corrected chi connectivity index (χ1v) is 11.9. The average molecular weight is 486 g/mol. The molecule has 0 atom stereocenters. The second kappa shape index (κ2) is 10.3. The summed E-state index contributed by atoms with van der Waals surface area (Å²) in [7, 11) is 4.09. The molecule has 0 bridgehead atoms. The van der Waals surface area contributed by atoms with Gasteiger partial charge in [-0.05, 0) is 57.6 Å². The predicted octanol–water partition coefficient (Wildman–Crippen LogP) is 5.35. The number of hydrazine groups is 1. The van der Waals surface area contributed by atoms with E-state index in [0.717, 1.165) is 49.3 Å². The zero-order chi connectivity index (χ0) is 23.5. The van der Waals surface area contributed by atoms with Crippen LogP contribution in [0.15, 0.2) is 42.5 Å². The molecule has 1 amide bonds. The molecular weight excluding hydrogens is 457 g/mol. The second-order valence-electron chi connectivity index (χ2n) is 8.75. The lowest BCUT2D eigenvalue weighted by atomic mass is 10.0. The van der Waals surface area contributed by atoms with Crippen molar-refractivity contribution in [1.29, 1.82) is 0 Å². The highest BCUT2D eigenvalue weighted by Crippen LogP contribution is 2.33. The van der Waals surface area contributed by atoms with E-state index in [9.17, 15) is 4.79 Å². The number of hydrogen-bond acceptors (Lipinski definition) is 4. The molecule has 0 spiro atoms. The van der Waals surface area contributed by atoms with E-state index in [0.29, 0.717) is 21.4 Å². The third-order valence-corrected chi connectivity index (χ3v) is 6.35. The molecular formula is C25H29Cl2N5O. The zero-order valence-electron chi connectivity index (χ0n) is 19.2. The lowest BCUT2D eigenvalue weighted by molar-refractivity contribution is 0.0743. The van der Waals surface area contributed by atoms with Crippen LogP contribution >= 0.6 is 23.2 Å². The number of nitrogens with one attached hydrogen (secondary N) is 1. The number of rotatable bonds is 6. The van der Waals surface area contributed by atoms with Crippen LogP contribution in [0.25, 0.3) is 16.9 Å². The van der Waals surface area contributed by atoms with Gasteiger partial charge in [-0.3, -0.25) is 10.2 Å². The van der Waals surface area contributed by atoms with Crippen molar-refractivity contribution in [1.82, 2.24) is 25.1 Å². The number of carbonyl (C=O) groups is 1. The molecule has 4 rings (SSSR count). The van der Waals surface area contributed by atoms with E-state index in [1.54, 1.807) is 16.8 Å². The molecule has 1 aliphatic heterocycles. The van der Waals surface area contributed by atoms with Gasteiger partial charge in [-0.2, -0.15) is 5.10 Å². The van der Waals surface area contributed by atoms with E-state index in [1.165, 1.54) is 12.0 Å². The van der Waals surface area contributed by atoms with Gasteiger partial charge in [-0.25, -0.2) is 9.69 Å². The summed E-state index contributed by atoms with van der Waals surface area (Å²) in [6.07, 6.45) is 3.36. The van der Waals surface area contributed by atoms with Crippen molar-refractivity contribution in [3.8, 4) is 16.9 Å². The van der Waals surface area contributed by atoms with Gasteiger partial charge in [-0.1, -0.05) is 53.9 Å². The van der Waals surface area contributed by atoms with Crippen molar-refractivity contribution < 1.29 is 4.79 Å². The minimum absolute atomic E-state index is 0.205. The summed E-state index contributed by atoms with van der Waals surface area (Å²) in [5.74, 6) is -0.205. The van der Waals surface area contributed by atoms with Crippen molar-refractivity contribution in [2.24, 2.45) is 0 Å². The van der Waals surface area contributed by atoms with E-state index >= 15 is 0 Å². The number of benzene rings is 2. The highest BCUT2D eigenvalue weighted by atomic mass is 35.5. The molecule has 174 valence electrons. The van der Waals surface area contributed by atoms with Crippen LogP contribution < -0.4 is 5.43 Å². The van der Waals surface area contributed by atoms with E-state index in [-0.39, 0.29) is 5.91 Å². The highest BCUT2D eigenvalue weighted by Gasteiger charge is 2.25. The summed E-state index contributed by atoms with van der Waals surface area (Å²) >= 11 is 12.7. The fourth-order valence-corrected chi connectivity index (χ4v) is 4.70. The summed E-state index contributed by atoms with van der Waals surface area (Å²) in [6.45, 7) is 4.50. The van der Waals surface area contributed by atoms with Crippen molar-refractivity contribution >= 4 is 29.1 Å². The number of amides is 1. The number of aromatic nitrogens is 2. The monoisotopic (exact) mass is 485 g/mol. The molecule has 0 radical (unpaired) electrons. The molecule has 3 aromatic rings. The Morgan fingerprint density at radius 1 is 1.06 bits per heavy atom. The predicted molar refractivity (Wildman–Crippen MR) is 134 cm³/mol. The first-order chi connectivity index (χ1) is 15.8. The van der Waals surface area contributed by atoms with Crippen LogP contribution in [0.2, 0.25) is 10.0 Å². The molecule has 0 unspecified atom stereocenters. The van der Waals surface area contributed by atoms with Gasteiger partial charge in [0.15, 0.2) is 5.69 Å². The maximum absolute atomic E-state index is 13.2. The number of halogens is 2. The van der Waals surface area contributed by atoms with Crippen LogP contribution in [0.3, 0.4) is 0 Å². The van der Waals surface area contributed by atoms with Gasteiger partial charge in [0, 0.05) is 35.8 Å². The molecule has 0 aliphatic carbocycles. The van der Waals surface area contributed by atoms with Gasteiger partial charge in [0.1, 0.15) is 0 Å².